The Hall–Kier alpha value is -1.89. The van der Waals surface area contributed by atoms with E-state index >= 15 is 0 Å². The predicted molar refractivity (Wildman–Crippen MR) is 122 cm³/mol. The van der Waals surface area contributed by atoms with Gasteiger partial charge in [0.2, 0.25) is 0 Å². The fraction of sp³-hybridized carbons (Fsp3) is 0.348. The molecule has 1 amide bonds. The van der Waals surface area contributed by atoms with Crippen molar-refractivity contribution >= 4 is 38.2 Å². The summed E-state index contributed by atoms with van der Waals surface area (Å²) in [6.45, 7) is 6.53. The van der Waals surface area contributed by atoms with Gasteiger partial charge < -0.3 is 9.73 Å². The largest absolute Gasteiger partial charge is 0.459 e. The number of aryl methyl sites for hydroxylation is 1. The number of nitrogens with zero attached hydrogens (tertiary/aromatic N) is 1. The van der Waals surface area contributed by atoms with Crippen LogP contribution in [0, 0.1) is 12.8 Å². The van der Waals surface area contributed by atoms with Crippen LogP contribution in [0.25, 0.3) is 0 Å². The van der Waals surface area contributed by atoms with Gasteiger partial charge >= 0.3 is 0 Å². The van der Waals surface area contributed by atoms with Crippen molar-refractivity contribution in [2.75, 3.05) is 18.4 Å². The molecule has 2 aromatic heterocycles. The molecule has 1 saturated heterocycles. The van der Waals surface area contributed by atoms with Crippen LogP contribution in [0.1, 0.15) is 52.4 Å². The van der Waals surface area contributed by atoms with Crippen molar-refractivity contribution in [3.63, 3.8) is 0 Å². The van der Waals surface area contributed by atoms with Gasteiger partial charge in [-0.05, 0) is 74.7 Å². The van der Waals surface area contributed by atoms with Crippen molar-refractivity contribution in [1.82, 2.24) is 4.90 Å². The maximum atomic E-state index is 12.6. The lowest BCUT2D eigenvalue weighted by Crippen LogP contribution is -2.37. The molecule has 1 atom stereocenters. The summed E-state index contributed by atoms with van der Waals surface area (Å²) < 4.78 is 6.35. The Labute approximate surface area is 184 Å². The van der Waals surface area contributed by atoms with E-state index in [1.807, 2.05) is 0 Å². The highest BCUT2D eigenvalue weighted by atomic mass is 79.9. The van der Waals surface area contributed by atoms with E-state index in [9.17, 15) is 4.79 Å². The van der Waals surface area contributed by atoms with Crippen molar-refractivity contribution in [1.29, 1.82) is 0 Å². The molecule has 1 aromatic carbocycles. The van der Waals surface area contributed by atoms with Crippen molar-refractivity contribution in [3.8, 4) is 0 Å². The summed E-state index contributed by atoms with van der Waals surface area (Å²) in [6.07, 6.45) is 3.91. The molecule has 4 nitrogen and oxygen atoms in total. The second-order valence-corrected chi connectivity index (χ2v) is 9.92. The molecule has 0 saturated carbocycles. The monoisotopic (exact) mass is 472 g/mol. The highest BCUT2D eigenvalue weighted by molar-refractivity contribution is 9.10. The number of halogens is 1. The Balaban J connectivity index is 1.71. The molecule has 1 N–H and O–H groups in total. The first-order chi connectivity index (χ1) is 14.0. The Morgan fingerprint density at radius 3 is 2.72 bits per heavy atom. The molecule has 0 unspecified atom stereocenters. The first-order valence-electron chi connectivity index (χ1n) is 9.96. The van der Waals surface area contributed by atoms with Crippen LogP contribution in [0.5, 0.6) is 0 Å². The number of benzene rings is 1. The first kappa shape index (κ1) is 20.4. The molecule has 0 spiro atoms. The fourth-order valence-corrected chi connectivity index (χ4v) is 5.31. The Bertz CT molecular complexity index is 975. The molecule has 0 bridgehead atoms. The van der Waals surface area contributed by atoms with E-state index in [1.165, 1.54) is 29.5 Å². The van der Waals surface area contributed by atoms with Gasteiger partial charge in [0.05, 0.1) is 12.3 Å². The standard InChI is InChI=1S/C23H25BrN2O2S/c1-15-8-10-26(11-9-15)21(17-5-3-6-18(24)14-17)19-13-16(2)29-23(19)25-22(27)20-7-4-12-28-20/h3-7,12-15,21H,8-11H2,1-2H3,(H,25,27)/t21-/m1/s1. The summed E-state index contributed by atoms with van der Waals surface area (Å²) in [7, 11) is 0. The van der Waals surface area contributed by atoms with Crippen molar-refractivity contribution in [3.05, 3.63) is 75.0 Å². The number of rotatable bonds is 5. The van der Waals surface area contributed by atoms with E-state index < -0.39 is 0 Å². The topological polar surface area (TPSA) is 45.5 Å². The van der Waals surface area contributed by atoms with E-state index in [-0.39, 0.29) is 11.9 Å². The number of amides is 1. The van der Waals surface area contributed by atoms with Crippen LogP contribution in [0.2, 0.25) is 0 Å². The van der Waals surface area contributed by atoms with Crippen LogP contribution < -0.4 is 5.32 Å². The van der Waals surface area contributed by atoms with Crippen LogP contribution in [0.4, 0.5) is 5.00 Å². The smallest absolute Gasteiger partial charge is 0.291 e. The molecule has 1 aliphatic rings. The van der Waals surface area contributed by atoms with E-state index in [0.29, 0.717) is 5.76 Å². The normalized spacial score (nSPS) is 16.7. The molecule has 1 fully saturated rings. The molecule has 0 radical (unpaired) electrons. The number of nitrogens with one attached hydrogen (secondary N) is 1. The maximum Gasteiger partial charge on any atom is 0.291 e. The Morgan fingerprint density at radius 1 is 1.24 bits per heavy atom. The number of thiophene rings is 1. The third kappa shape index (κ3) is 4.65. The van der Waals surface area contributed by atoms with E-state index in [1.54, 1.807) is 23.5 Å². The van der Waals surface area contributed by atoms with E-state index in [2.05, 4.69) is 70.3 Å². The van der Waals surface area contributed by atoms with Gasteiger partial charge in [-0.2, -0.15) is 0 Å². The molecule has 1 aliphatic heterocycles. The number of carbonyl (C=O) groups is 1. The Morgan fingerprint density at radius 2 is 2.03 bits per heavy atom. The lowest BCUT2D eigenvalue weighted by molar-refractivity contribution is 0.0996. The van der Waals surface area contributed by atoms with Crippen LogP contribution in [-0.2, 0) is 0 Å². The van der Waals surface area contributed by atoms with Crippen molar-refractivity contribution < 1.29 is 9.21 Å². The lowest BCUT2D eigenvalue weighted by Gasteiger charge is -2.37. The van der Waals surface area contributed by atoms with E-state index in [0.717, 1.165) is 34.0 Å². The Kier molecular flexibility index (Phi) is 6.23. The van der Waals surface area contributed by atoms with Crippen LogP contribution in [-0.4, -0.2) is 23.9 Å². The van der Waals surface area contributed by atoms with Gasteiger partial charge in [-0.3, -0.25) is 9.69 Å². The third-order valence-electron chi connectivity index (χ3n) is 5.50. The second-order valence-electron chi connectivity index (χ2n) is 7.75. The summed E-state index contributed by atoms with van der Waals surface area (Å²) in [5.74, 6) is 0.878. The molecule has 0 aliphatic carbocycles. The minimum absolute atomic E-state index is 0.108. The zero-order valence-corrected chi connectivity index (χ0v) is 19.1. The minimum atomic E-state index is -0.210. The van der Waals surface area contributed by atoms with Crippen LogP contribution >= 0.6 is 27.3 Å². The molecule has 3 aromatic rings. The number of piperidine rings is 1. The summed E-state index contributed by atoms with van der Waals surface area (Å²) in [4.78, 5) is 16.4. The molecule has 4 rings (SSSR count). The van der Waals surface area contributed by atoms with Gasteiger partial charge in [-0.25, -0.2) is 0 Å². The summed E-state index contributed by atoms with van der Waals surface area (Å²) >= 11 is 5.25. The fourth-order valence-electron chi connectivity index (χ4n) is 3.96. The average molecular weight is 473 g/mol. The number of furan rings is 1. The first-order valence-corrected chi connectivity index (χ1v) is 11.6. The van der Waals surface area contributed by atoms with Gasteiger partial charge in [-0.1, -0.05) is 35.0 Å². The number of hydrogen-bond donors (Lipinski definition) is 1. The molecule has 6 heteroatoms. The van der Waals surface area contributed by atoms with Crippen LogP contribution in [0.3, 0.4) is 0 Å². The number of likely N-dealkylation sites (tertiary alicyclic amines) is 1. The average Bonchev–Trinajstić information content (AvgIpc) is 3.34. The molecular formula is C23H25BrN2O2S. The number of hydrogen-bond acceptors (Lipinski definition) is 4. The molecular weight excluding hydrogens is 448 g/mol. The third-order valence-corrected chi connectivity index (χ3v) is 6.97. The van der Waals surface area contributed by atoms with Crippen molar-refractivity contribution in [2.45, 2.75) is 32.7 Å². The highest BCUT2D eigenvalue weighted by Gasteiger charge is 2.29. The highest BCUT2D eigenvalue weighted by Crippen LogP contribution is 2.41. The van der Waals surface area contributed by atoms with Gasteiger partial charge in [0.1, 0.15) is 5.00 Å². The summed E-state index contributed by atoms with van der Waals surface area (Å²) in [5.41, 5.74) is 2.39. The zero-order chi connectivity index (χ0) is 20.4. The summed E-state index contributed by atoms with van der Waals surface area (Å²) in [6, 6.07) is 14.2. The molecule has 29 heavy (non-hydrogen) atoms. The lowest BCUT2D eigenvalue weighted by atomic mass is 9.93. The van der Waals surface area contributed by atoms with Crippen LogP contribution in [0.15, 0.2) is 57.6 Å². The second kappa shape index (κ2) is 8.86. The van der Waals surface area contributed by atoms with Gasteiger partial charge in [0.25, 0.3) is 5.91 Å². The van der Waals surface area contributed by atoms with Gasteiger partial charge in [-0.15, -0.1) is 11.3 Å². The predicted octanol–water partition coefficient (Wildman–Crippen LogP) is 6.49. The van der Waals surface area contributed by atoms with Crippen molar-refractivity contribution in [2.24, 2.45) is 5.92 Å². The van der Waals surface area contributed by atoms with Gasteiger partial charge in [0, 0.05) is 14.9 Å². The summed E-state index contributed by atoms with van der Waals surface area (Å²) in [5, 5.41) is 3.99. The van der Waals surface area contributed by atoms with Gasteiger partial charge in [0.15, 0.2) is 5.76 Å². The number of carbonyl (C=O) groups excluding carboxylic acids is 1. The zero-order valence-electron chi connectivity index (χ0n) is 16.7. The SMILES string of the molecule is Cc1cc([C@@H](c2cccc(Br)c2)N2CCC(C)CC2)c(NC(=O)c2ccco2)s1. The van der Waals surface area contributed by atoms with E-state index in [4.69, 9.17) is 4.42 Å². The quantitative estimate of drug-likeness (QED) is 0.461. The molecule has 3 heterocycles. The molecule has 152 valence electrons. The maximum absolute atomic E-state index is 12.6. The minimum Gasteiger partial charge on any atom is -0.459 e. The number of anilines is 1.